The van der Waals surface area contributed by atoms with Gasteiger partial charge in [-0.05, 0) is 47.5 Å². The SMILES string of the molecule is CC1=C(C(N)=O)C(c2ccc(OCc3ccc(C)cc3)cc2)n2nnnc2N1. The highest BCUT2D eigenvalue weighted by atomic mass is 16.5. The van der Waals surface area contributed by atoms with Crippen molar-refractivity contribution in [1.82, 2.24) is 20.2 Å². The molecule has 0 saturated carbocycles. The van der Waals surface area contributed by atoms with Crippen LogP contribution in [0.1, 0.15) is 29.7 Å². The quantitative estimate of drug-likeness (QED) is 0.708. The van der Waals surface area contributed by atoms with Crippen LogP contribution in [0.5, 0.6) is 5.75 Å². The lowest BCUT2D eigenvalue weighted by molar-refractivity contribution is -0.115. The maximum Gasteiger partial charge on any atom is 0.248 e. The zero-order chi connectivity index (χ0) is 19.7. The molecule has 8 nitrogen and oxygen atoms in total. The third kappa shape index (κ3) is 3.32. The van der Waals surface area contributed by atoms with Crippen LogP contribution in [-0.4, -0.2) is 26.1 Å². The Morgan fingerprint density at radius 1 is 1.14 bits per heavy atom. The Balaban J connectivity index is 1.57. The number of fused-ring (bicyclic) bond motifs is 1. The maximum absolute atomic E-state index is 12.0. The third-order valence-electron chi connectivity index (χ3n) is 4.70. The van der Waals surface area contributed by atoms with E-state index < -0.39 is 11.9 Å². The van der Waals surface area contributed by atoms with Crippen molar-refractivity contribution in [3.05, 3.63) is 76.5 Å². The number of rotatable bonds is 5. The molecule has 1 atom stereocenters. The monoisotopic (exact) mass is 376 g/mol. The van der Waals surface area contributed by atoms with Crippen LogP contribution in [0.3, 0.4) is 0 Å². The Morgan fingerprint density at radius 2 is 1.86 bits per heavy atom. The number of amides is 1. The molecule has 2 aromatic carbocycles. The Labute approximate surface area is 162 Å². The summed E-state index contributed by atoms with van der Waals surface area (Å²) in [5.74, 6) is 0.680. The van der Waals surface area contributed by atoms with Crippen LogP contribution in [0.15, 0.2) is 59.8 Å². The lowest BCUT2D eigenvalue weighted by atomic mass is 9.95. The van der Waals surface area contributed by atoms with E-state index in [4.69, 9.17) is 10.5 Å². The van der Waals surface area contributed by atoms with Crippen LogP contribution in [0, 0.1) is 6.92 Å². The molecule has 0 aliphatic carbocycles. The number of aromatic nitrogens is 4. The summed E-state index contributed by atoms with van der Waals surface area (Å²) in [6.45, 7) is 4.32. The first-order valence-corrected chi connectivity index (χ1v) is 8.86. The van der Waals surface area contributed by atoms with Gasteiger partial charge in [-0.1, -0.05) is 47.1 Å². The van der Waals surface area contributed by atoms with Crippen molar-refractivity contribution in [2.45, 2.75) is 26.5 Å². The van der Waals surface area contributed by atoms with Gasteiger partial charge in [0.25, 0.3) is 0 Å². The van der Waals surface area contributed by atoms with Crippen molar-refractivity contribution >= 4 is 11.9 Å². The van der Waals surface area contributed by atoms with Crippen LogP contribution in [0.4, 0.5) is 5.95 Å². The first-order chi connectivity index (χ1) is 13.5. The highest BCUT2D eigenvalue weighted by Gasteiger charge is 2.32. The molecular weight excluding hydrogens is 356 g/mol. The fourth-order valence-electron chi connectivity index (χ4n) is 3.24. The van der Waals surface area contributed by atoms with Crippen molar-refractivity contribution in [3.63, 3.8) is 0 Å². The predicted octanol–water partition coefficient (Wildman–Crippen LogP) is 2.33. The molecule has 4 rings (SSSR count). The largest absolute Gasteiger partial charge is 0.489 e. The number of nitrogens with one attached hydrogen (secondary N) is 1. The summed E-state index contributed by atoms with van der Waals surface area (Å²) < 4.78 is 7.41. The topological polar surface area (TPSA) is 108 Å². The van der Waals surface area contributed by atoms with Gasteiger partial charge in [0.1, 0.15) is 18.4 Å². The summed E-state index contributed by atoms with van der Waals surface area (Å²) in [6.07, 6.45) is 0. The summed E-state index contributed by atoms with van der Waals surface area (Å²) in [5, 5.41) is 14.6. The number of carbonyl (C=O) groups excluding carboxylic acids is 1. The van der Waals surface area contributed by atoms with E-state index >= 15 is 0 Å². The highest BCUT2D eigenvalue weighted by molar-refractivity contribution is 5.95. The first kappa shape index (κ1) is 17.7. The maximum atomic E-state index is 12.0. The van der Waals surface area contributed by atoms with Crippen molar-refractivity contribution < 1.29 is 9.53 Å². The second-order valence-electron chi connectivity index (χ2n) is 6.72. The lowest BCUT2D eigenvalue weighted by Crippen LogP contribution is -2.31. The zero-order valence-corrected chi connectivity index (χ0v) is 15.6. The summed E-state index contributed by atoms with van der Waals surface area (Å²) in [6, 6.07) is 15.2. The van der Waals surface area contributed by atoms with Crippen LogP contribution < -0.4 is 15.8 Å². The Bertz CT molecular complexity index is 1040. The van der Waals surface area contributed by atoms with Crippen LogP contribution in [0.25, 0.3) is 0 Å². The van der Waals surface area contributed by atoms with Gasteiger partial charge < -0.3 is 15.8 Å². The molecule has 1 aliphatic heterocycles. The number of primary amides is 1. The summed E-state index contributed by atoms with van der Waals surface area (Å²) in [5.41, 5.74) is 9.83. The Morgan fingerprint density at radius 3 is 2.54 bits per heavy atom. The van der Waals surface area contributed by atoms with Crippen molar-refractivity contribution in [2.75, 3.05) is 5.32 Å². The molecule has 142 valence electrons. The molecule has 2 heterocycles. The van der Waals surface area contributed by atoms with Gasteiger partial charge in [-0.15, -0.1) is 0 Å². The zero-order valence-electron chi connectivity index (χ0n) is 15.6. The van der Waals surface area contributed by atoms with Gasteiger partial charge in [0.2, 0.25) is 11.9 Å². The molecule has 0 bridgehead atoms. The number of aryl methyl sites for hydroxylation is 1. The van der Waals surface area contributed by atoms with Crippen LogP contribution >= 0.6 is 0 Å². The van der Waals surface area contributed by atoms with Crippen molar-refractivity contribution in [1.29, 1.82) is 0 Å². The van der Waals surface area contributed by atoms with E-state index in [0.717, 1.165) is 16.9 Å². The number of anilines is 1. The van der Waals surface area contributed by atoms with E-state index in [1.807, 2.05) is 36.4 Å². The minimum Gasteiger partial charge on any atom is -0.489 e. The molecule has 1 aromatic heterocycles. The van der Waals surface area contributed by atoms with Gasteiger partial charge in [0, 0.05) is 5.70 Å². The number of tetrazole rings is 1. The number of hydrogen-bond acceptors (Lipinski definition) is 6. The Hall–Kier alpha value is -3.68. The van der Waals surface area contributed by atoms with Crippen molar-refractivity contribution in [3.8, 4) is 5.75 Å². The van der Waals surface area contributed by atoms with Gasteiger partial charge in [-0.2, -0.15) is 4.68 Å². The molecule has 0 saturated heterocycles. The molecule has 0 spiro atoms. The van der Waals surface area contributed by atoms with Gasteiger partial charge in [0.05, 0.1) is 5.57 Å². The standard InChI is InChI=1S/C20H20N6O2/c1-12-3-5-14(6-4-12)11-28-16-9-7-15(8-10-16)18-17(19(21)27)13(2)22-20-23-24-25-26(18)20/h3-10,18H,11H2,1-2H3,(H2,21,27)(H,22,23,25). The van der Waals surface area contributed by atoms with Crippen LogP contribution in [0.2, 0.25) is 0 Å². The third-order valence-corrected chi connectivity index (χ3v) is 4.70. The number of benzene rings is 2. The minimum absolute atomic E-state index is 0.424. The smallest absolute Gasteiger partial charge is 0.248 e. The molecule has 3 aromatic rings. The molecule has 1 amide bonds. The molecule has 8 heteroatoms. The number of nitrogens with two attached hydrogens (primary N) is 1. The van der Waals surface area contributed by atoms with E-state index in [-0.39, 0.29) is 0 Å². The Kier molecular flexibility index (Phi) is 4.52. The van der Waals surface area contributed by atoms with E-state index in [0.29, 0.717) is 23.8 Å². The number of nitrogens with zero attached hydrogens (tertiary/aromatic N) is 4. The molecule has 3 N–H and O–H groups in total. The number of allylic oxidation sites excluding steroid dienone is 1. The molecule has 28 heavy (non-hydrogen) atoms. The van der Waals surface area contributed by atoms with Crippen LogP contribution in [-0.2, 0) is 11.4 Å². The van der Waals surface area contributed by atoms with E-state index in [1.165, 1.54) is 5.56 Å². The summed E-state index contributed by atoms with van der Waals surface area (Å²) in [7, 11) is 0. The van der Waals surface area contributed by atoms with E-state index in [2.05, 4.69) is 39.9 Å². The number of carbonyl (C=O) groups is 1. The van der Waals surface area contributed by atoms with E-state index in [1.54, 1.807) is 11.6 Å². The molecule has 0 radical (unpaired) electrons. The van der Waals surface area contributed by atoms with Gasteiger partial charge in [-0.3, -0.25) is 4.79 Å². The fourth-order valence-corrected chi connectivity index (χ4v) is 3.24. The second-order valence-corrected chi connectivity index (χ2v) is 6.72. The van der Waals surface area contributed by atoms with E-state index in [9.17, 15) is 4.79 Å². The summed E-state index contributed by atoms with van der Waals surface area (Å²) in [4.78, 5) is 12.0. The molecule has 1 unspecified atom stereocenters. The van der Waals surface area contributed by atoms with Gasteiger partial charge in [-0.25, -0.2) is 0 Å². The fraction of sp³-hybridized carbons (Fsp3) is 0.200. The average Bonchev–Trinajstić information content (AvgIpc) is 3.14. The summed E-state index contributed by atoms with van der Waals surface area (Å²) >= 11 is 0. The predicted molar refractivity (Wildman–Crippen MR) is 103 cm³/mol. The highest BCUT2D eigenvalue weighted by Crippen LogP contribution is 2.34. The second kappa shape index (κ2) is 7.15. The number of ether oxygens (including phenoxy) is 1. The molecular formula is C20H20N6O2. The number of hydrogen-bond donors (Lipinski definition) is 2. The normalized spacial score (nSPS) is 15.7. The first-order valence-electron chi connectivity index (χ1n) is 8.86. The lowest BCUT2D eigenvalue weighted by Gasteiger charge is -2.26. The molecule has 1 aliphatic rings. The average molecular weight is 376 g/mol. The van der Waals surface area contributed by atoms with Crippen molar-refractivity contribution in [2.24, 2.45) is 5.73 Å². The van der Waals surface area contributed by atoms with Gasteiger partial charge >= 0.3 is 0 Å². The molecule has 0 fully saturated rings. The minimum atomic E-state index is -0.518. The van der Waals surface area contributed by atoms with Gasteiger partial charge in [0.15, 0.2) is 0 Å².